The lowest BCUT2D eigenvalue weighted by molar-refractivity contribution is 0.310. The van der Waals surface area contributed by atoms with Crippen LogP contribution in [0.15, 0.2) is 6.07 Å². The Balaban J connectivity index is 2.34. The van der Waals surface area contributed by atoms with E-state index in [1.807, 2.05) is 11.3 Å². The molecule has 3 heteroatoms. The molecule has 0 amide bonds. The molecule has 98 valence electrons. The quantitative estimate of drug-likeness (QED) is 0.638. The van der Waals surface area contributed by atoms with Crippen LogP contribution >= 0.6 is 11.3 Å². The van der Waals surface area contributed by atoms with Crippen LogP contribution in [-0.2, 0) is 10.8 Å². The van der Waals surface area contributed by atoms with Gasteiger partial charge in [0.2, 0.25) is 0 Å². The molecule has 1 rings (SSSR count). The van der Waals surface area contributed by atoms with Gasteiger partial charge < -0.3 is 4.43 Å². The average molecular weight is 271 g/mol. The summed E-state index contributed by atoms with van der Waals surface area (Å²) in [5, 5.41) is 0. The highest BCUT2D eigenvalue weighted by atomic mass is 32.1. The first kappa shape index (κ1) is 14.9. The summed E-state index contributed by atoms with van der Waals surface area (Å²) >= 11 is 1.90. The van der Waals surface area contributed by atoms with Gasteiger partial charge >= 0.3 is 0 Å². The molecule has 0 spiro atoms. The topological polar surface area (TPSA) is 9.23 Å². The normalized spacial score (nSPS) is 12.1. The minimum Gasteiger partial charge on any atom is -0.417 e. The molecule has 0 unspecified atom stereocenters. The van der Waals surface area contributed by atoms with Crippen molar-refractivity contribution in [2.45, 2.75) is 59.2 Å². The highest BCUT2D eigenvalue weighted by Crippen LogP contribution is 2.22. The van der Waals surface area contributed by atoms with Gasteiger partial charge in [0, 0.05) is 16.4 Å². The molecule has 1 aromatic rings. The van der Waals surface area contributed by atoms with Gasteiger partial charge in [-0.25, -0.2) is 0 Å². The number of hydrogen-bond donors (Lipinski definition) is 0. The second-order valence-corrected chi connectivity index (χ2v) is 11.2. The Labute approximate surface area is 111 Å². The van der Waals surface area contributed by atoms with Gasteiger partial charge in [0.05, 0.1) is 0 Å². The van der Waals surface area contributed by atoms with Crippen LogP contribution in [0.3, 0.4) is 0 Å². The molecule has 0 fully saturated rings. The fourth-order valence-corrected chi connectivity index (χ4v) is 5.02. The van der Waals surface area contributed by atoms with E-state index in [4.69, 9.17) is 4.43 Å². The van der Waals surface area contributed by atoms with E-state index in [2.05, 4.69) is 39.9 Å². The molecule has 0 aromatic carbocycles. The Morgan fingerprint density at radius 1 is 1.29 bits per heavy atom. The summed E-state index contributed by atoms with van der Waals surface area (Å²) in [5.74, 6) is 0. The van der Waals surface area contributed by atoms with Crippen LogP contribution in [0.4, 0.5) is 0 Å². The maximum Gasteiger partial charge on any atom is 0.186 e. The van der Waals surface area contributed by atoms with Crippen LogP contribution in [-0.4, -0.2) is 14.9 Å². The first-order valence-corrected chi connectivity index (χ1v) is 10.6. The Bertz CT molecular complexity index is 344. The van der Waals surface area contributed by atoms with Gasteiger partial charge in [-0.2, -0.15) is 0 Å². The Morgan fingerprint density at radius 3 is 2.53 bits per heavy atom. The van der Waals surface area contributed by atoms with Gasteiger partial charge in [0.1, 0.15) is 0 Å². The maximum atomic E-state index is 6.14. The van der Waals surface area contributed by atoms with Gasteiger partial charge in [0.15, 0.2) is 8.32 Å². The van der Waals surface area contributed by atoms with E-state index in [0.29, 0.717) is 0 Å². The number of hydrogen-bond acceptors (Lipinski definition) is 2. The fraction of sp³-hybridized carbons (Fsp3) is 0.714. The van der Waals surface area contributed by atoms with Gasteiger partial charge in [-0.05, 0) is 51.0 Å². The monoisotopic (exact) mass is 270 g/mol. The second-order valence-electron chi connectivity index (χ2n) is 5.40. The van der Waals surface area contributed by atoms with Crippen LogP contribution < -0.4 is 0 Å². The third-order valence-corrected chi connectivity index (χ3v) is 6.69. The lowest BCUT2D eigenvalue weighted by Gasteiger charge is -2.22. The van der Waals surface area contributed by atoms with Crippen molar-refractivity contribution in [3.05, 3.63) is 21.4 Å². The molecule has 0 atom stereocenters. The van der Waals surface area contributed by atoms with Crippen LogP contribution in [0.1, 0.15) is 35.1 Å². The van der Waals surface area contributed by atoms with Crippen LogP contribution in [0.5, 0.6) is 0 Å². The Hall–Kier alpha value is -0.123. The molecule has 0 aliphatic heterocycles. The standard InChI is InChI=1S/C14H26OSSi/c1-6-7-10-17(4,5)15-9-8-14-11-12(2)16-13(14)3/h11H,6-10H2,1-5H3. The molecule has 0 saturated carbocycles. The van der Waals surface area contributed by atoms with Crippen LogP contribution in [0, 0.1) is 13.8 Å². The minimum absolute atomic E-state index is 0.903. The average Bonchev–Trinajstić information content (AvgIpc) is 2.55. The molecule has 0 bridgehead atoms. The Kier molecular flexibility index (Phi) is 5.90. The molecule has 0 N–H and O–H groups in total. The van der Waals surface area contributed by atoms with Crippen molar-refractivity contribution in [1.82, 2.24) is 0 Å². The Morgan fingerprint density at radius 2 is 2.00 bits per heavy atom. The van der Waals surface area contributed by atoms with E-state index in [9.17, 15) is 0 Å². The molecule has 0 radical (unpaired) electrons. The molecule has 0 saturated heterocycles. The molecular weight excluding hydrogens is 244 g/mol. The summed E-state index contributed by atoms with van der Waals surface area (Å²) in [6.07, 6.45) is 3.68. The van der Waals surface area contributed by atoms with Crippen molar-refractivity contribution >= 4 is 19.7 Å². The molecule has 17 heavy (non-hydrogen) atoms. The largest absolute Gasteiger partial charge is 0.417 e. The second kappa shape index (κ2) is 6.71. The van der Waals surface area contributed by atoms with Gasteiger partial charge in [-0.1, -0.05) is 19.8 Å². The zero-order valence-electron chi connectivity index (χ0n) is 11.9. The van der Waals surface area contributed by atoms with E-state index in [1.54, 1.807) is 0 Å². The number of unbranched alkanes of at least 4 members (excludes halogenated alkanes) is 1. The fourth-order valence-electron chi connectivity index (χ4n) is 2.04. The molecule has 0 aliphatic rings. The zero-order valence-corrected chi connectivity index (χ0v) is 13.7. The van der Waals surface area contributed by atoms with Gasteiger partial charge in [-0.3, -0.25) is 0 Å². The van der Waals surface area contributed by atoms with E-state index in [0.717, 1.165) is 13.0 Å². The van der Waals surface area contributed by atoms with Crippen LogP contribution in [0.25, 0.3) is 0 Å². The zero-order chi connectivity index (χ0) is 12.9. The minimum atomic E-state index is -1.39. The van der Waals surface area contributed by atoms with Gasteiger partial charge in [0.25, 0.3) is 0 Å². The molecule has 1 heterocycles. The number of aryl methyl sites for hydroxylation is 2. The van der Waals surface area contributed by atoms with E-state index < -0.39 is 8.32 Å². The molecule has 0 aliphatic carbocycles. The van der Waals surface area contributed by atoms with Crippen molar-refractivity contribution in [2.75, 3.05) is 6.61 Å². The summed E-state index contributed by atoms with van der Waals surface area (Å²) in [6.45, 7) is 12.2. The summed E-state index contributed by atoms with van der Waals surface area (Å²) in [6, 6.07) is 3.61. The highest BCUT2D eigenvalue weighted by molar-refractivity contribution is 7.12. The first-order chi connectivity index (χ1) is 7.94. The molecule has 1 aromatic heterocycles. The smallest absolute Gasteiger partial charge is 0.186 e. The number of rotatable bonds is 7. The van der Waals surface area contributed by atoms with Crippen molar-refractivity contribution in [2.24, 2.45) is 0 Å². The molecular formula is C14H26OSSi. The van der Waals surface area contributed by atoms with Crippen molar-refractivity contribution in [1.29, 1.82) is 0 Å². The third-order valence-electron chi connectivity index (χ3n) is 3.14. The van der Waals surface area contributed by atoms with E-state index in [1.165, 1.54) is 34.2 Å². The highest BCUT2D eigenvalue weighted by Gasteiger charge is 2.21. The summed E-state index contributed by atoms with van der Waals surface area (Å²) in [7, 11) is -1.39. The lowest BCUT2D eigenvalue weighted by Crippen LogP contribution is -2.30. The van der Waals surface area contributed by atoms with Gasteiger partial charge in [-0.15, -0.1) is 11.3 Å². The maximum absolute atomic E-state index is 6.14. The van der Waals surface area contributed by atoms with Crippen molar-refractivity contribution in [3.63, 3.8) is 0 Å². The third kappa shape index (κ3) is 5.36. The number of thiophene rings is 1. The van der Waals surface area contributed by atoms with Crippen LogP contribution in [0.2, 0.25) is 19.1 Å². The van der Waals surface area contributed by atoms with Crippen molar-refractivity contribution in [3.8, 4) is 0 Å². The summed E-state index contributed by atoms with van der Waals surface area (Å²) in [5.41, 5.74) is 1.48. The van der Waals surface area contributed by atoms with E-state index in [-0.39, 0.29) is 0 Å². The first-order valence-electron chi connectivity index (χ1n) is 6.64. The predicted octanol–water partition coefficient (Wildman–Crippen LogP) is 4.93. The van der Waals surface area contributed by atoms with Crippen molar-refractivity contribution < 1.29 is 4.43 Å². The summed E-state index contributed by atoms with van der Waals surface area (Å²) in [4.78, 5) is 2.87. The summed E-state index contributed by atoms with van der Waals surface area (Å²) < 4.78 is 6.14. The van der Waals surface area contributed by atoms with E-state index >= 15 is 0 Å². The molecule has 1 nitrogen and oxygen atoms in total. The SMILES string of the molecule is CCCC[Si](C)(C)OCCc1cc(C)sc1C. The predicted molar refractivity (Wildman–Crippen MR) is 80.6 cm³/mol. The lowest BCUT2D eigenvalue weighted by atomic mass is 10.2.